The molecular weight excluding hydrogens is 264 g/mol. The number of nitrogens with one attached hydrogen (secondary N) is 1. The van der Waals surface area contributed by atoms with Crippen LogP contribution in [0.15, 0.2) is 0 Å². The summed E-state index contributed by atoms with van der Waals surface area (Å²) in [5.74, 6) is 0.900. The van der Waals surface area contributed by atoms with Gasteiger partial charge in [-0.1, -0.05) is 0 Å². The third-order valence-corrected chi connectivity index (χ3v) is 4.44. The lowest BCUT2D eigenvalue weighted by Crippen LogP contribution is -2.37. The highest BCUT2D eigenvalue weighted by Crippen LogP contribution is 2.45. The summed E-state index contributed by atoms with van der Waals surface area (Å²) in [5, 5.41) is 3.44. The summed E-state index contributed by atoms with van der Waals surface area (Å²) in [6.45, 7) is 1.07. The van der Waals surface area contributed by atoms with E-state index in [4.69, 9.17) is 19.2 Å². The Kier molecular flexibility index (Phi) is 6.35. The standard InChI is InChI=1S/C9H18NO3P.H3O2P/c11-14(12,13)6-7-4-8-2-1-3-10-9(8)5-7;1-3-2/h7-10H,1-6H2,(H2,11,12,13);3H2,(H,1,2). The molecule has 2 fully saturated rings. The van der Waals surface area contributed by atoms with Crippen LogP contribution >= 0.6 is 16.3 Å². The molecule has 0 radical (unpaired) electrons. The van der Waals surface area contributed by atoms with Gasteiger partial charge in [0, 0.05) is 6.04 Å². The topological polar surface area (TPSA) is 107 Å². The van der Waals surface area contributed by atoms with Gasteiger partial charge in [0.05, 0.1) is 6.16 Å². The quantitative estimate of drug-likeness (QED) is 0.553. The number of hydrogen-bond donors (Lipinski definition) is 4. The molecule has 6 nitrogen and oxygen atoms in total. The van der Waals surface area contributed by atoms with Gasteiger partial charge in [0.25, 0.3) is 0 Å². The maximum absolute atomic E-state index is 10.9. The van der Waals surface area contributed by atoms with Crippen LogP contribution in [-0.2, 0) is 9.13 Å². The number of rotatable bonds is 2. The monoisotopic (exact) mass is 285 g/mol. The molecule has 0 aromatic heterocycles. The van der Waals surface area contributed by atoms with Crippen LogP contribution < -0.4 is 5.32 Å². The molecule has 0 spiro atoms. The van der Waals surface area contributed by atoms with E-state index in [2.05, 4.69) is 5.32 Å². The van der Waals surface area contributed by atoms with Gasteiger partial charge in [-0.2, -0.15) is 0 Å². The summed E-state index contributed by atoms with van der Waals surface area (Å²) in [4.78, 5) is 24.9. The van der Waals surface area contributed by atoms with Crippen molar-refractivity contribution in [3.8, 4) is 0 Å². The predicted molar refractivity (Wildman–Crippen MR) is 66.8 cm³/mol. The van der Waals surface area contributed by atoms with Crippen molar-refractivity contribution in [2.75, 3.05) is 12.7 Å². The molecule has 2 rings (SSSR count). The fourth-order valence-corrected chi connectivity index (χ4v) is 3.92. The zero-order valence-corrected chi connectivity index (χ0v) is 11.7. The average molecular weight is 285 g/mol. The molecule has 4 atom stereocenters. The molecule has 2 aliphatic rings. The summed E-state index contributed by atoms with van der Waals surface area (Å²) in [6.07, 6.45) is 4.49. The smallest absolute Gasteiger partial charge is 0.325 e. The Hall–Kier alpha value is 0.300. The molecule has 1 saturated heterocycles. The largest absolute Gasteiger partial charge is 0.348 e. The van der Waals surface area contributed by atoms with Crippen molar-refractivity contribution in [1.82, 2.24) is 5.32 Å². The Bertz CT molecular complexity index is 281. The maximum Gasteiger partial charge on any atom is 0.325 e. The third-order valence-electron chi connectivity index (χ3n) is 3.45. The number of fused-ring (bicyclic) bond motifs is 1. The van der Waals surface area contributed by atoms with Gasteiger partial charge < -0.3 is 20.0 Å². The third kappa shape index (κ3) is 5.64. The summed E-state index contributed by atoms with van der Waals surface area (Å²) < 4.78 is 19.4. The van der Waals surface area contributed by atoms with E-state index >= 15 is 0 Å². The number of piperidine rings is 1. The summed E-state index contributed by atoms with van der Waals surface area (Å²) in [7, 11) is -5.30. The van der Waals surface area contributed by atoms with E-state index in [0.717, 1.165) is 19.4 Å². The highest BCUT2D eigenvalue weighted by molar-refractivity contribution is 7.51. The van der Waals surface area contributed by atoms with Crippen molar-refractivity contribution in [1.29, 1.82) is 0 Å². The fraction of sp³-hybridized carbons (Fsp3) is 1.00. The highest BCUT2D eigenvalue weighted by atomic mass is 31.2. The molecule has 102 valence electrons. The van der Waals surface area contributed by atoms with Gasteiger partial charge in [0.2, 0.25) is 0 Å². The van der Waals surface area contributed by atoms with Crippen molar-refractivity contribution < 1.29 is 23.8 Å². The first-order valence-electron chi connectivity index (χ1n) is 5.82. The minimum absolute atomic E-state index is 0.0850. The highest BCUT2D eigenvalue weighted by Gasteiger charge is 2.37. The maximum atomic E-state index is 10.9. The summed E-state index contributed by atoms with van der Waals surface area (Å²) in [6, 6.07) is 0.528. The molecule has 0 bridgehead atoms. The second-order valence-corrected chi connectivity index (χ2v) is 6.66. The molecular formula is C9H21NO5P2. The normalized spacial score (nSPS) is 33.2. The van der Waals surface area contributed by atoms with Crippen LogP contribution in [0.1, 0.15) is 25.7 Å². The number of hydrogen-bond acceptors (Lipinski definition) is 3. The fourth-order valence-electron chi connectivity index (χ4n) is 2.95. The first-order valence-corrected chi connectivity index (χ1v) is 8.60. The molecule has 0 aromatic carbocycles. The van der Waals surface area contributed by atoms with Crippen LogP contribution in [-0.4, -0.2) is 33.4 Å². The van der Waals surface area contributed by atoms with Crippen LogP contribution in [0, 0.1) is 11.8 Å². The molecule has 4 N–H and O–H groups in total. The van der Waals surface area contributed by atoms with Gasteiger partial charge >= 0.3 is 7.60 Å². The average Bonchev–Trinajstić information content (AvgIpc) is 2.57. The van der Waals surface area contributed by atoms with Crippen molar-refractivity contribution >= 4 is 16.3 Å². The molecule has 0 amide bonds. The van der Waals surface area contributed by atoms with E-state index in [1.807, 2.05) is 0 Å². The van der Waals surface area contributed by atoms with Gasteiger partial charge in [-0.3, -0.25) is 9.13 Å². The van der Waals surface area contributed by atoms with Crippen LogP contribution in [0.5, 0.6) is 0 Å². The molecule has 17 heavy (non-hydrogen) atoms. The molecule has 1 aliphatic carbocycles. The molecule has 0 aromatic rings. The van der Waals surface area contributed by atoms with E-state index in [1.54, 1.807) is 0 Å². The minimum Gasteiger partial charge on any atom is -0.348 e. The second-order valence-electron chi connectivity index (χ2n) is 4.75. The SMILES string of the molecule is O=P(O)(O)CC1CC2CCCNC2C1.O=[PH2]O. The van der Waals surface area contributed by atoms with E-state index < -0.39 is 16.3 Å². The van der Waals surface area contributed by atoms with Crippen LogP contribution in [0.4, 0.5) is 0 Å². The zero-order valence-electron chi connectivity index (χ0n) is 9.66. The van der Waals surface area contributed by atoms with Crippen molar-refractivity contribution in [2.24, 2.45) is 11.8 Å². The summed E-state index contributed by atoms with van der Waals surface area (Å²) in [5.41, 5.74) is 0. The van der Waals surface area contributed by atoms with E-state index in [-0.39, 0.29) is 12.1 Å². The van der Waals surface area contributed by atoms with Crippen LogP contribution in [0.3, 0.4) is 0 Å². The molecule has 8 heteroatoms. The lowest BCUT2D eigenvalue weighted by molar-refractivity contribution is 0.318. The Morgan fingerprint density at radius 2 is 2.00 bits per heavy atom. The van der Waals surface area contributed by atoms with Gasteiger partial charge in [0.15, 0.2) is 8.69 Å². The Balaban J connectivity index is 0.000000437. The Labute approximate surface area is 102 Å². The second kappa shape index (κ2) is 7.03. The molecule has 1 aliphatic heterocycles. The Morgan fingerprint density at radius 3 is 2.53 bits per heavy atom. The minimum atomic E-state index is -3.80. The summed E-state index contributed by atoms with van der Waals surface area (Å²) >= 11 is 0. The van der Waals surface area contributed by atoms with Crippen molar-refractivity contribution in [3.63, 3.8) is 0 Å². The van der Waals surface area contributed by atoms with Crippen LogP contribution in [0.25, 0.3) is 0 Å². The zero-order chi connectivity index (χ0) is 12.9. The first-order chi connectivity index (χ1) is 7.96. The predicted octanol–water partition coefficient (Wildman–Crippen LogP) is 0.592. The van der Waals surface area contributed by atoms with E-state index in [0.29, 0.717) is 12.0 Å². The van der Waals surface area contributed by atoms with Crippen molar-refractivity contribution in [2.45, 2.75) is 31.7 Å². The van der Waals surface area contributed by atoms with Crippen LogP contribution in [0.2, 0.25) is 0 Å². The molecule has 1 heterocycles. The first kappa shape index (κ1) is 15.4. The molecule has 1 saturated carbocycles. The van der Waals surface area contributed by atoms with Gasteiger partial charge in [0.1, 0.15) is 0 Å². The van der Waals surface area contributed by atoms with E-state index in [9.17, 15) is 4.57 Å². The van der Waals surface area contributed by atoms with Crippen molar-refractivity contribution in [3.05, 3.63) is 0 Å². The van der Waals surface area contributed by atoms with Gasteiger partial charge in [-0.25, -0.2) is 0 Å². The van der Waals surface area contributed by atoms with Gasteiger partial charge in [-0.15, -0.1) is 0 Å². The molecule has 4 unspecified atom stereocenters. The Morgan fingerprint density at radius 1 is 1.35 bits per heavy atom. The van der Waals surface area contributed by atoms with E-state index in [1.165, 1.54) is 12.8 Å². The van der Waals surface area contributed by atoms with Gasteiger partial charge in [-0.05, 0) is 44.1 Å². The lowest BCUT2D eigenvalue weighted by atomic mass is 9.94. The lowest BCUT2D eigenvalue weighted by Gasteiger charge is -2.26.